The lowest BCUT2D eigenvalue weighted by atomic mass is 10.0. The second kappa shape index (κ2) is 35.3. The van der Waals surface area contributed by atoms with Crippen LogP contribution in [0, 0.1) is 34.6 Å². The van der Waals surface area contributed by atoms with Gasteiger partial charge in [0, 0.05) is 61.1 Å². The number of unbranched alkanes of at least 4 members (excludes halogenated alkanes) is 7. The van der Waals surface area contributed by atoms with Gasteiger partial charge in [-0.3, -0.25) is 13.9 Å². The molecule has 0 spiro atoms. The van der Waals surface area contributed by atoms with Crippen LogP contribution in [0.2, 0.25) is 0 Å². The largest absolute Gasteiger partial charge is 0.744 e. The maximum atomic E-state index is 13.9. The highest BCUT2D eigenvalue weighted by molar-refractivity contribution is 7.99. The first-order valence-electron chi connectivity index (χ1n) is 28.6. The van der Waals surface area contributed by atoms with Crippen LogP contribution in [0.15, 0.2) is 90.4 Å². The number of thioether (sulfide) groups is 2. The highest BCUT2D eigenvalue weighted by Crippen LogP contribution is 2.21. The van der Waals surface area contributed by atoms with Crippen LogP contribution in [0.25, 0.3) is 0 Å². The van der Waals surface area contributed by atoms with E-state index in [4.69, 9.17) is 9.97 Å². The molecule has 79 heavy (non-hydrogen) atoms. The van der Waals surface area contributed by atoms with Crippen LogP contribution in [-0.4, -0.2) is 69.6 Å². The van der Waals surface area contributed by atoms with Crippen molar-refractivity contribution < 1.29 is 35.1 Å². The van der Waals surface area contributed by atoms with Crippen molar-refractivity contribution in [3.8, 4) is 0 Å². The zero-order chi connectivity index (χ0) is 57.8. The van der Waals surface area contributed by atoms with Gasteiger partial charge in [-0.1, -0.05) is 126 Å². The molecule has 0 fully saturated rings. The summed E-state index contributed by atoms with van der Waals surface area (Å²) in [5.41, 5.74) is 5.82. The Labute approximate surface area is 481 Å². The van der Waals surface area contributed by atoms with Gasteiger partial charge in [0.25, 0.3) is 5.56 Å². The summed E-state index contributed by atoms with van der Waals surface area (Å²) in [7, 11) is -4.34. The zero-order valence-electron chi connectivity index (χ0n) is 48.4. The molecule has 6 rings (SSSR count). The fourth-order valence-corrected chi connectivity index (χ4v) is 12.0. The van der Waals surface area contributed by atoms with E-state index in [0.717, 1.165) is 152 Å². The minimum Gasteiger partial charge on any atom is -0.744 e. The number of benzene rings is 2. The Kier molecular flexibility index (Phi) is 29.9. The lowest BCUT2D eigenvalue weighted by Gasteiger charge is -2.17. The van der Waals surface area contributed by atoms with Crippen LogP contribution in [0.5, 0.6) is 0 Å². The average molecular weight is 1170 g/mol. The van der Waals surface area contributed by atoms with Gasteiger partial charge in [0.2, 0.25) is 11.6 Å². The molecule has 6 bridgehead atoms. The van der Waals surface area contributed by atoms with E-state index in [9.17, 15) is 35.5 Å². The Bertz CT molecular complexity index is 2910. The van der Waals surface area contributed by atoms with Crippen molar-refractivity contribution in [3.63, 3.8) is 0 Å². The summed E-state index contributed by atoms with van der Waals surface area (Å²) in [4.78, 5) is 37.4. The third-order valence-corrected chi connectivity index (χ3v) is 18.1. The van der Waals surface area contributed by atoms with E-state index in [1.165, 1.54) is 87.0 Å². The Morgan fingerprint density at radius 3 is 1.37 bits per heavy atom. The van der Waals surface area contributed by atoms with E-state index in [1.54, 1.807) is 28.8 Å². The number of rotatable bonds is 11. The maximum absolute atomic E-state index is 13.9. The SMILES string of the molecule is CCCCCCCCCCc1c(C)n2c(=O)n(c1=O)CCCCCCSc1nc(cc(C)[n+]1C)NCCCCCCNc1cc(C)[n+](C)c(n1)SCCCCCC2.Cc1ccc(S(=O)(=O)[O-])cc1.Cc1ccc(S(=O)(=O)[O-])cc1. The highest BCUT2D eigenvalue weighted by Gasteiger charge is 2.19. The van der Waals surface area contributed by atoms with Crippen LogP contribution in [0.1, 0.15) is 169 Å². The summed E-state index contributed by atoms with van der Waals surface area (Å²) in [6.07, 6.45) is 23.4. The van der Waals surface area contributed by atoms with Crippen molar-refractivity contribution in [1.82, 2.24) is 19.1 Å². The Morgan fingerprint density at radius 1 is 0.544 bits per heavy atom. The number of anilines is 2. The topological polar surface area (TPSA) is 216 Å². The van der Waals surface area contributed by atoms with Gasteiger partial charge in [-0.25, -0.2) is 30.8 Å². The molecule has 5 aromatic rings. The Morgan fingerprint density at radius 2 is 0.937 bits per heavy atom. The smallest absolute Gasteiger partial charge is 0.361 e. The van der Waals surface area contributed by atoms with E-state index < -0.39 is 20.2 Å². The maximum Gasteiger partial charge on any atom is 0.361 e. The standard InChI is InChI=1S/C45H74N8O2S2.2C7H8O3S/c1-7-8-9-10-11-12-13-20-27-39-38(4)52-30-23-16-18-25-32-56-43-48-40(34-36(2)50(43)5)46-28-21-14-15-22-29-47-41-35-37(3)51(6)44(49-41)57-33-26-19-17-24-31-53(42(39)54)45(52)55;2*1-6-2-4-7(5-3-6)11(8,9)10/h34-35H,7-33H2,1-6H3;2*2-5H,1H3,(H,8,9,10). The van der Waals surface area contributed by atoms with Crippen molar-refractivity contribution in [2.45, 2.75) is 210 Å². The predicted molar refractivity (Wildman–Crippen MR) is 318 cm³/mol. The molecule has 0 unspecified atom stereocenters. The van der Waals surface area contributed by atoms with Crippen molar-refractivity contribution >= 4 is 55.4 Å². The summed E-state index contributed by atoms with van der Waals surface area (Å²) in [6, 6.07) is 15.9. The Hall–Kier alpha value is -4.60. The van der Waals surface area contributed by atoms with Crippen LogP contribution in [0.3, 0.4) is 0 Å². The molecule has 16 nitrogen and oxygen atoms in total. The van der Waals surface area contributed by atoms with Crippen LogP contribution in [-0.2, 0) is 53.8 Å². The fraction of sp³-hybridized carbons (Fsp3) is 0.593. The number of aryl methyl sites for hydroxylation is 4. The van der Waals surface area contributed by atoms with Crippen molar-refractivity contribution in [3.05, 3.63) is 115 Å². The molecule has 0 saturated heterocycles. The van der Waals surface area contributed by atoms with Crippen LogP contribution < -0.4 is 31.0 Å². The molecule has 0 amide bonds. The molecule has 4 heterocycles. The third-order valence-electron chi connectivity index (χ3n) is 14.2. The molecule has 20 heteroatoms. The second-order valence-electron chi connectivity index (χ2n) is 20.8. The van der Waals surface area contributed by atoms with Crippen molar-refractivity contribution in [2.75, 3.05) is 35.2 Å². The molecular weight excluding hydrogens is 1080 g/mol. The number of fused-ring (bicyclic) bond motifs is 6. The fourth-order valence-electron chi connectivity index (χ4n) is 9.02. The van der Waals surface area contributed by atoms with E-state index in [0.29, 0.717) is 13.1 Å². The van der Waals surface area contributed by atoms with Gasteiger partial charge in [-0.15, -0.1) is 0 Å². The molecule has 0 radical (unpaired) electrons. The van der Waals surface area contributed by atoms with Crippen molar-refractivity contribution in [2.24, 2.45) is 14.1 Å². The lowest BCUT2D eigenvalue weighted by molar-refractivity contribution is -0.718. The summed E-state index contributed by atoms with van der Waals surface area (Å²) in [5, 5.41) is 9.24. The first kappa shape index (κ1) is 66.9. The van der Waals surface area contributed by atoms with Crippen molar-refractivity contribution in [1.29, 1.82) is 0 Å². The number of hydrogen-bond donors (Lipinski definition) is 2. The number of aromatic nitrogens is 6. The molecule has 0 atom stereocenters. The van der Waals surface area contributed by atoms with Gasteiger partial charge in [0.15, 0.2) is 0 Å². The molecule has 0 saturated carbocycles. The lowest BCUT2D eigenvalue weighted by Crippen LogP contribution is -2.43. The van der Waals surface area contributed by atoms with Gasteiger partial charge in [0.05, 0.1) is 23.9 Å². The van der Waals surface area contributed by atoms with E-state index in [1.807, 2.05) is 48.9 Å². The van der Waals surface area contributed by atoms with Crippen LogP contribution in [0.4, 0.5) is 11.6 Å². The molecule has 0 aliphatic carbocycles. The first-order chi connectivity index (χ1) is 37.7. The molecule has 3 aromatic heterocycles. The first-order valence-corrected chi connectivity index (χ1v) is 33.4. The molecule has 1 aliphatic heterocycles. The van der Waals surface area contributed by atoms with E-state index >= 15 is 0 Å². The number of hydrogen-bond acceptors (Lipinski definition) is 14. The van der Waals surface area contributed by atoms with E-state index in [2.05, 4.69) is 66.8 Å². The molecule has 2 aromatic carbocycles. The quantitative estimate of drug-likeness (QED) is 0.0545. The third kappa shape index (κ3) is 24.2. The van der Waals surface area contributed by atoms with Gasteiger partial charge in [-0.2, -0.15) is 0 Å². The minimum absolute atomic E-state index is 0.0513. The highest BCUT2D eigenvalue weighted by atomic mass is 32.2. The second-order valence-corrected chi connectivity index (χ2v) is 25.6. The van der Waals surface area contributed by atoms with Gasteiger partial charge in [-0.05, 0) is 144 Å². The summed E-state index contributed by atoms with van der Waals surface area (Å²) in [5.74, 6) is 3.92. The minimum atomic E-state index is -4.27. The van der Waals surface area contributed by atoms with Gasteiger partial charge < -0.3 is 19.7 Å². The molecule has 1 aliphatic rings. The van der Waals surface area contributed by atoms with E-state index in [-0.39, 0.29) is 21.0 Å². The van der Waals surface area contributed by atoms with Gasteiger partial charge >= 0.3 is 16.0 Å². The normalized spacial score (nSPS) is 14.9. The number of nitrogens with one attached hydrogen (secondary N) is 2. The molecule has 2 N–H and O–H groups in total. The summed E-state index contributed by atoms with van der Waals surface area (Å²) in [6.45, 7) is 15.2. The summed E-state index contributed by atoms with van der Waals surface area (Å²) >= 11 is 3.64. The molecule has 438 valence electrons. The Balaban J connectivity index is 0.000000500. The predicted octanol–water partition coefficient (Wildman–Crippen LogP) is 11.0. The summed E-state index contributed by atoms with van der Waals surface area (Å²) < 4.78 is 70.2. The molecular formula is C59H90N8O8S4. The zero-order valence-corrected chi connectivity index (χ0v) is 51.7. The van der Waals surface area contributed by atoms with Gasteiger partial charge in [0.1, 0.15) is 31.6 Å². The number of nitrogens with zero attached hydrogens (tertiary/aromatic N) is 6. The monoisotopic (exact) mass is 1170 g/mol. The average Bonchev–Trinajstić information content (AvgIpc) is 3.41. The van der Waals surface area contributed by atoms with Crippen LogP contribution >= 0.6 is 23.5 Å².